The normalized spacial score (nSPS) is 10.8. The van der Waals surface area contributed by atoms with E-state index in [2.05, 4.69) is 6.92 Å². The molecule has 116 valence electrons. The van der Waals surface area contributed by atoms with Gasteiger partial charge in [-0.05, 0) is 30.2 Å². The fourth-order valence-corrected chi connectivity index (χ4v) is 1.64. The predicted molar refractivity (Wildman–Crippen MR) is 80.9 cm³/mol. The first kappa shape index (κ1) is 17.0. The van der Waals surface area contributed by atoms with Crippen molar-refractivity contribution in [2.75, 3.05) is 26.9 Å². The molecule has 0 fully saturated rings. The van der Waals surface area contributed by atoms with Crippen LogP contribution in [-0.2, 0) is 9.53 Å². The van der Waals surface area contributed by atoms with E-state index in [1.54, 1.807) is 25.3 Å². The molecule has 0 bridgehead atoms. The molecule has 0 heterocycles. The summed E-state index contributed by atoms with van der Waals surface area (Å²) in [7, 11) is 1.56. The fraction of sp³-hybridized carbons (Fsp3) is 0.438. The van der Waals surface area contributed by atoms with Gasteiger partial charge in [-0.3, -0.25) is 0 Å². The summed E-state index contributed by atoms with van der Waals surface area (Å²) in [5.74, 6) is 0.192. The van der Waals surface area contributed by atoms with Crippen LogP contribution in [0.15, 0.2) is 24.3 Å². The number of rotatable bonds is 10. The molecule has 0 aliphatic rings. The quantitative estimate of drug-likeness (QED) is 0.531. The van der Waals surface area contributed by atoms with Crippen LogP contribution in [0.1, 0.15) is 25.3 Å². The molecular weight excluding hydrogens is 272 g/mol. The van der Waals surface area contributed by atoms with Crippen molar-refractivity contribution in [3.63, 3.8) is 0 Å². The molecule has 1 aromatic carbocycles. The van der Waals surface area contributed by atoms with Crippen molar-refractivity contribution in [1.82, 2.24) is 0 Å². The van der Waals surface area contributed by atoms with Crippen LogP contribution in [0.3, 0.4) is 0 Å². The highest BCUT2D eigenvalue weighted by molar-refractivity contribution is 5.85. The Hall–Kier alpha value is -2.01. The van der Waals surface area contributed by atoms with Gasteiger partial charge in [0.2, 0.25) is 0 Å². The third-order valence-corrected chi connectivity index (χ3v) is 2.73. The summed E-state index contributed by atoms with van der Waals surface area (Å²) in [6.07, 6.45) is 4.73. The van der Waals surface area contributed by atoms with E-state index in [4.69, 9.17) is 19.3 Å². The van der Waals surface area contributed by atoms with Crippen LogP contribution in [-0.4, -0.2) is 38.0 Å². The van der Waals surface area contributed by atoms with Gasteiger partial charge in [-0.1, -0.05) is 19.4 Å². The molecule has 1 rings (SSSR count). The zero-order chi connectivity index (χ0) is 15.5. The van der Waals surface area contributed by atoms with E-state index in [1.807, 2.05) is 0 Å². The van der Waals surface area contributed by atoms with E-state index in [-0.39, 0.29) is 0 Å². The van der Waals surface area contributed by atoms with Gasteiger partial charge in [0.25, 0.3) is 0 Å². The van der Waals surface area contributed by atoms with Gasteiger partial charge in [-0.15, -0.1) is 0 Å². The number of benzene rings is 1. The molecule has 0 aromatic heterocycles. The number of unbranched alkanes of at least 4 members (excludes halogenated alkanes) is 1. The molecule has 0 amide bonds. The number of carboxylic acid groups (broad SMARTS) is 1. The van der Waals surface area contributed by atoms with Crippen molar-refractivity contribution < 1.29 is 24.1 Å². The number of methoxy groups -OCH3 is 1. The minimum Gasteiger partial charge on any atom is -0.493 e. The fourth-order valence-electron chi connectivity index (χ4n) is 1.64. The summed E-state index contributed by atoms with van der Waals surface area (Å²) in [5.41, 5.74) is 0.736. The van der Waals surface area contributed by atoms with Crippen LogP contribution < -0.4 is 9.47 Å². The molecule has 0 saturated carbocycles. The highest BCUT2D eigenvalue weighted by atomic mass is 16.5. The maximum absolute atomic E-state index is 10.5. The standard InChI is InChI=1S/C16H22O5/c1-3-4-9-20-10-11-21-15-12-13(6-8-16(17)18)5-7-14(15)19-2/h5-8,12H,3-4,9-11H2,1-2H3,(H,17,18). The van der Waals surface area contributed by atoms with Crippen molar-refractivity contribution in [3.05, 3.63) is 29.8 Å². The van der Waals surface area contributed by atoms with E-state index in [0.29, 0.717) is 24.7 Å². The Morgan fingerprint density at radius 2 is 2.05 bits per heavy atom. The van der Waals surface area contributed by atoms with E-state index >= 15 is 0 Å². The third kappa shape index (κ3) is 6.81. The molecule has 0 spiro atoms. The van der Waals surface area contributed by atoms with Gasteiger partial charge < -0.3 is 19.3 Å². The molecule has 1 aromatic rings. The number of aliphatic carboxylic acids is 1. The Morgan fingerprint density at radius 1 is 1.24 bits per heavy atom. The highest BCUT2D eigenvalue weighted by Gasteiger charge is 2.05. The summed E-state index contributed by atoms with van der Waals surface area (Å²) in [5, 5.41) is 8.63. The maximum Gasteiger partial charge on any atom is 0.328 e. The van der Waals surface area contributed by atoms with Crippen LogP contribution in [0.5, 0.6) is 11.5 Å². The van der Waals surface area contributed by atoms with E-state index < -0.39 is 5.97 Å². The zero-order valence-electron chi connectivity index (χ0n) is 12.5. The van der Waals surface area contributed by atoms with E-state index in [0.717, 1.165) is 31.1 Å². The summed E-state index contributed by atoms with van der Waals surface area (Å²) < 4.78 is 16.3. The van der Waals surface area contributed by atoms with Gasteiger partial charge in [0.05, 0.1) is 13.7 Å². The summed E-state index contributed by atoms with van der Waals surface area (Å²) in [4.78, 5) is 10.5. The SMILES string of the molecule is CCCCOCCOc1cc(C=CC(=O)O)ccc1OC. The molecule has 0 radical (unpaired) electrons. The molecule has 5 heteroatoms. The molecule has 0 aliphatic carbocycles. The average Bonchev–Trinajstić information content (AvgIpc) is 2.48. The second kappa shape index (κ2) is 9.83. The lowest BCUT2D eigenvalue weighted by Crippen LogP contribution is -2.08. The van der Waals surface area contributed by atoms with Crippen LogP contribution in [0.4, 0.5) is 0 Å². The molecular formula is C16H22O5. The average molecular weight is 294 g/mol. The number of carbonyl (C=O) groups is 1. The lowest BCUT2D eigenvalue weighted by atomic mass is 10.2. The summed E-state index contributed by atoms with van der Waals surface area (Å²) in [6.45, 7) is 3.78. The number of carboxylic acids is 1. The molecule has 0 saturated heterocycles. The number of hydrogen-bond acceptors (Lipinski definition) is 4. The molecule has 0 unspecified atom stereocenters. The van der Waals surface area contributed by atoms with Crippen molar-refractivity contribution in [3.8, 4) is 11.5 Å². The zero-order valence-corrected chi connectivity index (χ0v) is 12.5. The Labute approximate surface area is 125 Å². The molecule has 5 nitrogen and oxygen atoms in total. The maximum atomic E-state index is 10.5. The molecule has 21 heavy (non-hydrogen) atoms. The van der Waals surface area contributed by atoms with Crippen LogP contribution >= 0.6 is 0 Å². The molecule has 0 atom stereocenters. The summed E-state index contributed by atoms with van der Waals surface area (Å²) >= 11 is 0. The third-order valence-electron chi connectivity index (χ3n) is 2.73. The topological polar surface area (TPSA) is 65.0 Å². The predicted octanol–water partition coefficient (Wildman–Crippen LogP) is 2.99. The van der Waals surface area contributed by atoms with Gasteiger partial charge in [0.15, 0.2) is 11.5 Å². The minimum absolute atomic E-state index is 0.423. The first-order valence-electron chi connectivity index (χ1n) is 6.97. The van der Waals surface area contributed by atoms with Gasteiger partial charge in [-0.2, -0.15) is 0 Å². The minimum atomic E-state index is -0.988. The van der Waals surface area contributed by atoms with E-state index in [1.165, 1.54) is 6.08 Å². The van der Waals surface area contributed by atoms with Crippen LogP contribution in [0.25, 0.3) is 6.08 Å². The number of ether oxygens (including phenoxy) is 3. The monoisotopic (exact) mass is 294 g/mol. The lowest BCUT2D eigenvalue weighted by molar-refractivity contribution is -0.131. The second-order valence-electron chi connectivity index (χ2n) is 4.40. The van der Waals surface area contributed by atoms with Crippen LogP contribution in [0, 0.1) is 0 Å². The first-order valence-corrected chi connectivity index (χ1v) is 6.97. The Balaban J connectivity index is 2.57. The van der Waals surface area contributed by atoms with Gasteiger partial charge >= 0.3 is 5.97 Å². The smallest absolute Gasteiger partial charge is 0.328 e. The largest absolute Gasteiger partial charge is 0.493 e. The van der Waals surface area contributed by atoms with E-state index in [9.17, 15) is 4.79 Å². The number of hydrogen-bond donors (Lipinski definition) is 1. The van der Waals surface area contributed by atoms with Gasteiger partial charge in [0.1, 0.15) is 6.61 Å². The Morgan fingerprint density at radius 3 is 2.71 bits per heavy atom. The lowest BCUT2D eigenvalue weighted by Gasteiger charge is -2.11. The van der Waals surface area contributed by atoms with Crippen molar-refractivity contribution >= 4 is 12.0 Å². The summed E-state index contributed by atoms with van der Waals surface area (Å²) in [6, 6.07) is 5.25. The van der Waals surface area contributed by atoms with Crippen molar-refractivity contribution in [1.29, 1.82) is 0 Å². The highest BCUT2D eigenvalue weighted by Crippen LogP contribution is 2.28. The molecule has 0 aliphatic heterocycles. The first-order chi connectivity index (χ1) is 10.2. The van der Waals surface area contributed by atoms with Gasteiger partial charge in [-0.25, -0.2) is 4.79 Å². The van der Waals surface area contributed by atoms with Gasteiger partial charge in [0, 0.05) is 12.7 Å². The van der Waals surface area contributed by atoms with Crippen molar-refractivity contribution in [2.45, 2.75) is 19.8 Å². The van der Waals surface area contributed by atoms with Crippen LogP contribution in [0.2, 0.25) is 0 Å². The Kier molecular flexibility index (Phi) is 7.97. The Bertz CT molecular complexity index is 468. The molecule has 1 N–H and O–H groups in total. The second-order valence-corrected chi connectivity index (χ2v) is 4.40. The van der Waals surface area contributed by atoms with Crippen molar-refractivity contribution in [2.24, 2.45) is 0 Å².